The molecule has 1 aliphatic carbocycles. The molecule has 4 aromatic rings. The summed E-state index contributed by atoms with van der Waals surface area (Å²) in [5.41, 5.74) is 8.36. The molecule has 0 heterocycles. The highest BCUT2D eigenvalue weighted by Gasteiger charge is 2.18. The normalized spacial score (nSPS) is 17.3. The van der Waals surface area contributed by atoms with E-state index < -0.39 is 0 Å². The van der Waals surface area contributed by atoms with Crippen molar-refractivity contribution in [1.82, 2.24) is 0 Å². The van der Waals surface area contributed by atoms with Gasteiger partial charge < -0.3 is 5.32 Å². The van der Waals surface area contributed by atoms with Gasteiger partial charge in [0.2, 0.25) is 0 Å². The van der Waals surface area contributed by atoms with E-state index in [0.29, 0.717) is 12.5 Å². The average molecular weight is 455 g/mol. The maximum Gasteiger partial charge on any atom is 0.0639 e. The molecule has 0 amide bonds. The first-order valence-electron chi connectivity index (χ1n) is 12.2. The summed E-state index contributed by atoms with van der Waals surface area (Å²) in [7, 11) is 0. The Kier molecular flexibility index (Phi) is 7.00. The highest BCUT2D eigenvalue weighted by molar-refractivity contribution is 5.85. The van der Waals surface area contributed by atoms with Crippen LogP contribution in [-0.4, -0.2) is 12.3 Å². The maximum absolute atomic E-state index is 4.67. The third-order valence-electron chi connectivity index (χ3n) is 6.42. The minimum Gasteiger partial charge on any atom is -0.378 e. The van der Waals surface area contributed by atoms with Crippen LogP contribution < -0.4 is 5.32 Å². The van der Waals surface area contributed by atoms with Crippen molar-refractivity contribution in [1.29, 1.82) is 0 Å². The molecule has 35 heavy (non-hydrogen) atoms. The fraction of sp³-hybridized carbons (Fsp3) is 0.121. The predicted molar refractivity (Wildman–Crippen MR) is 150 cm³/mol. The second-order valence-corrected chi connectivity index (χ2v) is 9.00. The Labute approximate surface area is 208 Å². The van der Waals surface area contributed by atoms with Crippen LogP contribution in [0, 0.1) is 5.92 Å². The number of anilines is 1. The van der Waals surface area contributed by atoms with Crippen LogP contribution in [-0.2, 0) is 6.54 Å². The zero-order valence-electron chi connectivity index (χ0n) is 20.0. The van der Waals surface area contributed by atoms with Gasteiger partial charge in [0, 0.05) is 17.5 Å². The van der Waals surface area contributed by atoms with E-state index in [2.05, 4.69) is 139 Å². The summed E-state index contributed by atoms with van der Waals surface area (Å²) in [6, 6.07) is 38.4. The summed E-state index contributed by atoms with van der Waals surface area (Å²) in [5, 5.41) is 3.83. The number of hydrogen-bond donors (Lipinski definition) is 1. The van der Waals surface area contributed by atoms with Gasteiger partial charge in [-0.05, 0) is 45.9 Å². The third kappa shape index (κ3) is 5.67. The van der Waals surface area contributed by atoms with Crippen LogP contribution in [0.3, 0.4) is 0 Å². The van der Waals surface area contributed by atoms with Gasteiger partial charge in [0.05, 0.1) is 12.6 Å². The van der Waals surface area contributed by atoms with Crippen molar-refractivity contribution in [3.63, 3.8) is 0 Å². The van der Waals surface area contributed by atoms with E-state index in [1.54, 1.807) is 0 Å². The second-order valence-electron chi connectivity index (χ2n) is 9.00. The molecule has 2 nitrogen and oxygen atoms in total. The van der Waals surface area contributed by atoms with Crippen molar-refractivity contribution in [3.05, 3.63) is 139 Å². The standard InChI is InChI=1S/C33H30N2/c1-25-17-18-27(24-34-23-26-11-5-2-6-12-26)21-33(25)35-32-20-19-30(28-13-7-3-8-14-28)22-31(32)29-15-9-4-10-16-29/h2-22,24-25,33,35H,23H2,1H3/b34-24+. The number of nitrogens with one attached hydrogen (secondary N) is 1. The van der Waals surface area contributed by atoms with E-state index in [-0.39, 0.29) is 6.04 Å². The maximum atomic E-state index is 4.67. The number of rotatable bonds is 7. The zero-order chi connectivity index (χ0) is 23.9. The number of aliphatic imine (C=N–C) groups is 1. The highest BCUT2D eigenvalue weighted by Crippen LogP contribution is 2.34. The molecule has 2 atom stereocenters. The molecule has 1 N–H and O–H groups in total. The number of allylic oxidation sites excluding steroid dienone is 2. The summed E-state index contributed by atoms with van der Waals surface area (Å²) in [4.78, 5) is 4.67. The first-order chi connectivity index (χ1) is 17.3. The smallest absolute Gasteiger partial charge is 0.0639 e. The molecule has 4 aromatic carbocycles. The fourth-order valence-electron chi connectivity index (χ4n) is 4.41. The molecular formula is C33H30N2. The van der Waals surface area contributed by atoms with Crippen molar-refractivity contribution in [2.24, 2.45) is 10.9 Å². The summed E-state index contributed by atoms with van der Waals surface area (Å²) < 4.78 is 0. The Morgan fingerprint density at radius 3 is 2.11 bits per heavy atom. The zero-order valence-corrected chi connectivity index (χ0v) is 20.0. The number of nitrogens with zero attached hydrogens (tertiary/aromatic N) is 1. The van der Waals surface area contributed by atoms with Gasteiger partial charge in [-0.1, -0.05) is 122 Å². The fourth-order valence-corrected chi connectivity index (χ4v) is 4.41. The Balaban J connectivity index is 1.41. The van der Waals surface area contributed by atoms with Crippen LogP contribution in [0.25, 0.3) is 22.3 Å². The van der Waals surface area contributed by atoms with Gasteiger partial charge in [-0.3, -0.25) is 4.99 Å². The summed E-state index contributed by atoms with van der Waals surface area (Å²) >= 11 is 0. The first kappa shape index (κ1) is 22.6. The molecule has 0 radical (unpaired) electrons. The molecule has 0 aromatic heterocycles. The molecule has 0 aliphatic heterocycles. The topological polar surface area (TPSA) is 24.4 Å². The predicted octanol–water partition coefficient (Wildman–Crippen LogP) is 8.20. The molecule has 2 unspecified atom stereocenters. The lowest BCUT2D eigenvalue weighted by Crippen LogP contribution is -2.26. The summed E-state index contributed by atoms with van der Waals surface area (Å²) in [6.07, 6.45) is 8.72. The molecule has 0 saturated carbocycles. The van der Waals surface area contributed by atoms with Gasteiger partial charge >= 0.3 is 0 Å². The van der Waals surface area contributed by atoms with E-state index in [1.807, 2.05) is 12.3 Å². The van der Waals surface area contributed by atoms with Crippen LogP contribution in [0.1, 0.15) is 12.5 Å². The van der Waals surface area contributed by atoms with Gasteiger partial charge in [0.1, 0.15) is 0 Å². The molecule has 0 bridgehead atoms. The van der Waals surface area contributed by atoms with Gasteiger partial charge in [-0.25, -0.2) is 0 Å². The summed E-state index contributed by atoms with van der Waals surface area (Å²) in [6.45, 7) is 2.95. The molecule has 5 rings (SSSR count). The second kappa shape index (κ2) is 10.8. The van der Waals surface area contributed by atoms with E-state index in [1.165, 1.54) is 27.8 Å². The van der Waals surface area contributed by atoms with E-state index in [4.69, 9.17) is 0 Å². The number of benzene rings is 4. The van der Waals surface area contributed by atoms with Crippen LogP contribution in [0.4, 0.5) is 5.69 Å². The van der Waals surface area contributed by atoms with Crippen LogP contribution in [0.5, 0.6) is 0 Å². The summed E-state index contributed by atoms with van der Waals surface area (Å²) in [5.74, 6) is 0.374. The van der Waals surface area contributed by atoms with Crippen molar-refractivity contribution in [3.8, 4) is 22.3 Å². The molecular weight excluding hydrogens is 424 g/mol. The molecule has 1 aliphatic rings. The quantitative estimate of drug-likeness (QED) is 0.280. The number of hydrogen-bond acceptors (Lipinski definition) is 2. The van der Waals surface area contributed by atoms with E-state index in [9.17, 15) is 0 Å². The first-order valence-corrected chi connectivity index (χ1v) is 12.2. The minimum absolute atomic E-state index is 0.184. The Bertz CT molecular complexity index is 1340. The molecule has 2 heteroatoms. The Morgan fingerprint density at radius 1 is 0.743 bits per heavy atom. The highest BCUT2D eigenvalue weighted by atomic mass is 14.9. The lowest BCUT2D eigenvalue weighted by molar-refractivity contribution is 0.658. The van der Waals surface area contributed by atoms with Crippen LogP contribution in [0.2, 0.25) is 0 Å². The monoisotopic (exact) mass is 454 g/mol. The minimum atomic E-state index is 0.184. The molecule has 0 saturated heterocycles. The van der Waals surface area contributed by atoms with Crippen molar-refractivity contribution in [2.75, 3.05) is 5.32 Å². The molecule has 0 spiro atoms. The lowest BCUT2D eigenvalue weighted by atomic mass is 9.92. The third-order valence-corrected chi connectivity index (χ3v) is 6.42. The van der Waals surface area contributed by atoms with Gasteiger partial charge in [0.15, 0.2) is 0 Å². The van der Waals surface area contributed by atoms with Crippen LogP contribution in [0.15, 0.2) is 138 Å². The van der Waals surface area contributed by atoms with Crippen molar-refractivity contribution in [2.45, 2.75) is 19.5 Å². The van der Waals surface area contributed by atoms with Gasteiger partial charge in [-0.2, -0.15) is 0 Å². The van der Waals surface area contributed by atoms with Crippen molar-refractivity contribution < 1.29 is 0 Å². The van der Waals surface area contributed by atoms with Crippen molar-refractivity contribution >= 4 is 11.9 Å². The average Bonchev–Trinajstić information content (AvgIpc) is 2.92. The lowest BCUT2D eigenvalue weighted by Gasteiger charge is -2.26. The SMILES string of the molecule is CC1C=CC(/C=N/Cc2ccccc2)=CC1Nc1ccc(-c2ccccc2)cc1-c1ccccc1. The van der Waals surface area contributed by atoms with E-state index in [0.717, 1.165) is 11.3 Å². The Morgan fingerprint density at radius 2 is 1.40 bits per heavy atom. The Hall–Kier alpha value is -4.17. The largest absolute Gasteiger partial charge is 0.378 e. The van der Waals surface area contributed by atoms with E-state index >= 15 is 0 Å². The van der Waals surface area contributed by atoms with Gasteiger partial charge in [-0.15, -0.1) is 0 Å². The molecule has 0 fully saturated rings. The molecule has 172 valence electrons. The van der Waals surface area contributed by atoms with Gasteiger partial charge in [0.25, 0.3) is 0 Å². The van der Waals surface area contributed by atoms with Crippen LogP contribution >= 0.6 is 0 Å².